The first kappa shape index (κ1) is 24.5. The molecule has 30 heavy (non-hydrogen) atoms. The predicted molar refractivity (Wildman–Crippen MR) is 117 cm³/mol. The average Bonchev–Trinajstić information content (AvgIpc) is 2.72. The van der Waals surface area contributed by atoms with Crippen molar-refractivity contribution in [1.29, 1.82) is 0 Å². The molecular formula is C24H40N2O4. The van der Waals surface area contributed by atoms with Crippen LogP contribution in [-0.4, -0.2) is 46.9 Å². The number of hydrogen-bond acceptors (Lipinski definition) is 4. The molecule has 3 atom stereocenters. The highest BCUT2D eigenvalue weighted by Gasteiger charge is 2.36. The van der Waals surface area contributed by atoms with Crippen molar-refractivity contribution in [2.24, 2.45) is 17.8 Å². The van der Waals surface area contributed by atoms with Gasteiger partial charge in [0.1, 0.15) is 6.04 Å². The summed E-state index contributed by atoms with van der Waals surface area (Å²) < 4.78 is 0. The van der Waals surface area contributed by atoms with Gasteiger partial charge in [0.15, 0.2) is 5.78 Å². The first-order valence-electron chi connectivity index (χ1n) is 11.9. The van der Waals surface area contributed by atoms with Gasteiger partial charge in [-0.1, -0.05) is 59.3 Å². The van der Waals surface area contributed by atoms with Crippen LogP contribution in [0.5, 0.6) is 0 Å². The lowest BCUT2D eigenvalue weighted by Gasteiger charge is -2.35. The minimum Gasteiger partial charge on any atom is -0.344 e. The molecule has 1 heterocycles. The third-order valence-corrected chi connectivity index (χ3v) is 6.64. The van der Waals surface area contributed by atoms with E-state index in [9.17, 15) is 19.2 Å². The molecule has 0 bridgehead atoms. The highest BCUT2D eigenvalue weighted by molar-refractivity contribution is 6.38. The fourth-order valence-electron chi connectivity index (χ4n) is 4.54. The summed E-state index contributed by atoms with van der Waals surface area (Å²) in [5.74, 6) is -0.793. The Bertz CT molecular complexity index is 627. The lowest BCUT2D eigenvalue weighted by molar-refractivity contribution is -0.145. The Morgan fingerprint density at radius 2 is 1.70 bits per heavy atom. The molecule has 2 fully saturated rings. The molecule has 2 aliphatic rings. The van der Waals surface area contributed by atoms with Gasteiger partial charge >= 0.3 is 0 Å². The van der Waals surface area contributed by atoms with Crippen molar-refractivity contribution in [3.8, 4) is 0 Å². The number of ketones is 2. The van der Waals surface area contributed by atoms with Gasteiger partial charge in [0.2, 0.25) is 17.6 Å². The van der Waals surface area contributed by atoms with Crippen molar-refractivity contribution in [3.05, 3.63) is 0 Å². The van der Waals surface area contributed by atoms with E-state index in [1.54, 1.807) is 4.90 Å². The molecule has 0 spiro atoms. The van der Waals surface area contributed by atoms with E-state index in [0.29, 0.717) is 25.3 Å². The number of Topliss-reactive ketones (excluding diaryl/α,β-unsaturated/α-hetero) is 2. The molecule has 1 N–H and O–H groups in total. The number of carbonyl (C=O) groups excluding carboxylic acids is 4. The van der Waals surface area contributed by atoms with Crippen LogP contribution in [0.25, 0.3) is 0 Å². The second kappa shape index (κ2) is 11.6. The zero-order valence-corrected chi connectivity index (χ0v) is 19.2. The smallest absolute Gasteiger partial charge is 0.243 e. The van der Waals surface area contributed by atoms with Crippen molar-refractivity contribution in [2.45, 2.75) is 104 Å². The van der Waals surface area contributed by atoms with Gasteiger partial charge in [-0.15, -0.1) is 0 Å². The van der Waals surface area contributed by atoms with E-state index in [4.69, 9.17) is 0 Å². The fraction of sp³-hybridized carbons (Fsp3) is 0.833. The van der Waals surface area contributed by atoms with Gasteiger partial charge in [-0.3, -0.25) is 19.2 Å². The van der Waals surface area contributed by atoms with Gasteiger partial charge in [0.05, 0.1) is 6.04 Å². The number of hydrogen-bond donors (Lipinski definition) is 1. The summed E-state index contributed by atoms with van der Waals surface area (Å²) in [5, 5.41) is 2.88. The van der Waals surface area contributed by atoms with Crippen LogP contribution >= 0.6 is 0 Å². The molecule has 6 heteroatoms. The molecule has 0 aromatic carbocycles. The molecule has 1 saturated heterocycles. The van der Waals surface area contributed by atoms with Gasteiger partial charge in [0.25, 0.3) is 0 Å². The molecular weight excluding hydrogens is 380 g/mol. The molecule has 0 radical (unpaired) electrons. The Morgan fingerprint density at radius 3 is 2.27 bits per heavy atom. The van der Waals surface area contributed by atoms with Crippen molar-refractivity contribution in [2.75, 3.05) is 6.54 Å². The first-order valence-corrected chi connectivity index (χ1v) is 11.9. The predicted octanol–water partition coefficient (Wildman–Crippen LogP) is 3.66. The van der Waals surface area contributed by atoms with Crippen LogP contribution in [0.3, 0.4) is 0 Å². The van der Waals surface area contributed by atoms with Crippen molar-refractivity contribution in [3.63, 3.8) is 0 Å². The normalized spacial score (nSPS) is 23.0. The molecule has 2 amide bonds. The first-order chi connectivity index (χ1) is 14.2. The van der Waals surface area contributed by atoms with Crippen LogP contribution in [0, 0.1) is 17.8 Å². The quantitative estimate of drug-likeness (QED) is 0.577. The van der Waals surface area contributed by atoms with Crippen LogP contribution in [0.4, 0.5) is 0 Å². The Kier molecular flexibility index (Phi) is 9.50. The summed E-state index contributed by atoms with van der Waals surface area (Å²) in [6.45, 7) is 7.86. The summed E-state index contributed by atoms with van der Waals surface area (Å²) in [6, 6.07) is -1.37. The molecule has 170 valence electrons. The van der Waals surface area contributed by atoms with Crippen LogP contribution in [0.1, 0.15) is 91.9 Å². The number of carbonyl (C=O) groups is 4. The Labute approximate surface area is 181 Å². The summed E-state index contributed by atoms with van der Waals surface area (Å²) >= 11 is 0. The lowest BCUT2D eigenvalue weighted by Crippen LogP contribution is -2.55. The van der Waals surface area contributed by atoms with Gasteiger partial charge in [-0.05, 0) is 37.5 Å². The van der Waals surface area contributed by atoms with Crippen LogP contribution in [-0.2, 0) is 19.2 Å². The van der Waals surface area contributed by atoms with Crippen molar-refractivity contribution < 1.29 is 19.2 Å². The van der Waals surface area contributed by atoms with Crippen LogP contribution in [0.15, 0.2) is 0 Å². The van der Waals surface area contributed by atoms with Crippen molar-refractivity contribution >= 4 is 23.4 Å². The fourth-order valence-corrected chi connectivity index (χ4v) is 4.54. The Hall–Kier alpha value is -1.72. The summed E-state index contributed by atoms with van der Waals surface area (Å²) in [4.78, 5) is 52.5. The number of nitrogens with one attached hydrogen (secondary N) is 1. The monoisotopic (exact) mass is 420 g/mol. The minimum atomic E-state index is -0.778. The second-order valence-corrected chi connectivity index (χ2v) is 9.80. The molecule has 6 nitrogen and oxygen atoms in total. The topological polar surface area (TPSA) is 83.6 Å². The van der Waals surface area contributed by atoms with E-state index in [1.807, 2.05) is 20.8 Å². The number of amides is 2. The summed E-state index contributed by atoms with van der Waals surface area (Å²) in [5.41, 5.74) is 0. The highest BCUT2D eigenvalue weighted by Crippen LogP contribution is 2.31. The molecule has 0 aromatic heterocycles. The molecule has 1 unspecified atom stereocenters. The molecule has 1 aliphatic heterocycles. The Morgan fingerprint density at radius 1 is 1.03 bits per heavy atom. The lowest BCUT2D eigenvalue weighted by atomic mass is 9.79. The largest absolute Gasteiger partial charge is 0.344 e. The molecule has 1 aliphatic carbocycles. The maximum Gasteiger partial charge on any atom is 0.243 e. The zero-order valence-electron chi connectivity index (χ0n) is 19.2. The molecule has 1 saturated carbocycles. The average molecular weight is 421 g/mol. The standard InChI is InChI=1S/C24H40N2O4/c1-16(2)14-21(26-13-8-6-5-7-10-17(3)24(26)30)23(29)25-20(22(28)18(4)27)15-19-11-9-12-19/h16-17,19-21H,5-15H2,1-4H3,(H,25,29)/t17-,20?,21-/m0/s1. The van der Waals surface area contributed by atoms with Gasteiger partial charge in [0, 0.05) is 19.4 Å². The van der Waals surface area contributed by atoms with Crippen LogP contribution < -0.4 is 5.32 Å². The van der Waals surface area contributed by atoms with E-state index in [-0.39, 0.29) is 23.7 Å². The zero-order chi connectivity index (χ0) is 22.3. The maximum absolute atomic E-state index is 13.4. The summed E-state index contributed by atoms with van der Waals surface area (Å²) in [7, 11) is 0. The molecule has 0 aromatic rings. The maximum atomic E-state index is 13.4. The van der Waals surface area contributed by atoms with Gasteiger partial charge < -0.3 is 10.2 Å². The Balaban J connectivity index is 2.21. The van der Waals surface area contributed by atoms with E-state index >= 15 is 0 Å². The minimum absolute atomic E-state index is 0.0335. The van der Waals surface area contributed by atoms with Gasteiger partial charge in [-0.25, -0.2) is 0 Å². The van der Waals surface area contributed by atoms with Gasteiger partial charge in [-0.2, -0.15) is 0 Å². The van der Waals surface area contributed by atoms with E-state index in [0.717, 1.165) is 51.4 Å². The second-order valence-electron chi connectivity index (χ2n) is 9.80. The molecule has 2 rings (SSSR count). The SMILES string of the molecule is CC(=O)C(=O)C(CC1CCC1)NC(=O)[C@H](CC(C)C)N1CCCCCC[C@H](C)C1=O. The van der Waals surface area contributed by atoms with E-state index < -0.39 is 23.7 Å². The summed E-state index contributed by atoms with van der Waals surface area (Å²) in [6.07, 6.45) is 9.22. The highest BCUT2D eigenvalue weighted by atomic mass is 16.2. The number of nitrogens with zero attached hydrogens (tertiary/aromatic N) is 1. The number of rotatable bonds is 9. The third kappa shape index (κ3) is 6.92. The van der Waals surface area contributed by atoms with E-state index in [1.165, 1.54) is 6.92 Å². The van der Waals surface area contributed by atoms with Crippen molar-refractivity contribution in [1.82, 2.24) is 10.2 Å². The van der Waals surface area contributed by atoms with Crippen LogP contribution in [0.2, 0.25) is 0 Å². The third-order valence-electron chi connectivity index (χ3n) is 6.64. The van der Waals surface area contributed by atoms with E-state index in [2.05, 4.69) is 5.32 Å².